The SMILES string of the molecule is Cc1cc(S(=O)(=O)Nc2ccc(S(=O)(=O)NCC(F)(F)F)cc2)ccc1OCC(=O)O. The molecule has 14 heteroatoms. The number of carboxylic acids is 1. The van der Waals surface area contributed by atoms with E-state index in [4.69, 9.17) is 9.84 Å². The van der Waals surface area contributed by atoms with Crippen molar-refractivity contribution >= 4 is 31.7 Å². The van der Waals surface area contributed by atoms with Gasteiger partial charge in [-0.25, -0.2) is 26.4 Å². The molecule has 31 heavy (non-hydrogen) atoms. The zero-order valence-electron chi connectivity index (χ0n) is 15.8. The summed E-state index contributed by atoms with van der Waals surface area (Å²) in [4.78, 5) is 9.91. The first-order valence-electron chi connectivity index (χ1n) is 8.34. The molecule has 0 radical (unpaired) electrons. The van der Waals surface area contributed by atoms with E-state index in [9.17, 15) is 34.8 Å². The molecule has 0 heterocycles. The van der Waals surface area contributed by atoms with Crippen molar-refractivity contribution in [1.82, 2.24) is 4.72 Å². The minimum Gasteiger partial charge on any atom is -0.482 e. The summed E-state index contributed by atoms with van der Waals surface area (Å²) < 4.78 is 94.0. The fourth-order valence-electron chi connectivity index (χ4n) is 2.27. The summed E-state index contributed by atoms with van der Waals surface area (Å²) in [5.41, 5.74) is 0.333. The fraction of sp³-hybridized carbons (Fsp3) is 0.235. The van der Waals surface area contributed by atoms with Crippen LogP contribution < -0.4 is 14.2 Å². The number of carboxylic acid groups (broad SMARTS) is 1. The van der Waals surface area contributed by atoms with E-state index in [0.29, 0.717) is 5.56 Å². The summed E-state index contributed by atoms with van der Waals surface area (Å²) >= 11 is 0. The summed E-state index contributed by atoms with van der Waals surface area (Å²) in [7, 11) is -8.53. The lowest BCUT2D eigenvalue weighted by Gasteiger charge is -2.12. The molecule has 0 fully saturated rings. The van der Waals surface area contributed by atoms with Crippen LogP contribution in [0.25, 0.3) is 0 Å². The number of aryl methyl sites for hydroxylation is 1. The average molecular weight is 482 g/mol. The molecule has 0 aliphatic heterocycles. The van der Waals surface area contributed by atoms with E-state index < -0.39 is 50.2 Å². The van der Waals surface area contributed by atoms with Crippen LogP contribution in [0.5, 0.6) is 5.75 Å². The molecule has 2 rings (SSSR count). The van der Waals surface area contributed by atoms with Gasteiger partial charge in [0.05, 0.1) is 9.79 Å². The van der Waals surface area contributed by atoms with Crippen molar-refractivity contribution in [3.63, 3.8) is 0 Å². The van der Waals surface area contributed by atoms with E-state index in [1.807, 2.05) is 0 Å². The number of alkyl halides is 3. The fourth-order valence-corrected chi connectivity index (χ4v) is 4.42. The van der Waals surface area contributed by atoms with Crippen molar-refractivity contribution in [2.45, 2.75) is 22.9 Å². The molecular formula is C17H17F3N2O7S2. The van der Waals surface area contributed by atoms with Crippen molar-refractivity contribution in [2.75, 3.05) is 17.9 Å². The van der Waals surface area contributed by atoms with Gasteiger partial charge in [-0.1, -0.05) is 0 Å². The molecule has 9 nitrogen and oxygen atoms in total. The predicted molar refractivity (Wildman–Crippen MR) is 103 cm³/mol. The van der Waals surface area contributed by atoms with Gasteiger partial charge in [-0.3, -0.25) is 4.72 Å². The van der Waals surface area contributed by atoms with Crippen LogP contribution in [0.15, 0.2) is 52.3 Å². The molecular weight excluding hydrogens is 465 g/mol. The molecule has 0 bridgehead atoms. The van der Waals surface area contributed by atoms with Crippen molar-refractivity contribution in [3.05, 3.63) is 48.0 Å². The highest BCUT2D eigenvalue weighted by Crippen LogP contribution is 2.24. The van der Waals surface area contributed by atoms with Crippen LogP contribution in [-0.2, 0) is 24.8 Å². The van der Waals surface area contributed by atoms with Crippen LogP contribution in [0.4, 0.5) is 18.9 Å². The van der Waals surface area contributed by atoms with Crippen molar-refractivity contribution in [1.29, 1.82) is 0 Å². The molecule has 0 saturated heterocycles. The number of hydrogen-bond acceptors (Lipinski definition) is 6. The van der Waals surface area contributed by atoms with Crippen molar-refractivity contribution in [3.8, 4) is 5.75 Å². The third kappa shape index (κ3) is 7.11. The van der Waals surface area contributed by atoms with Gasteiger partial charge in [0.1, 0.15) is 12.3 Å². The van der Waals surface area contributed by atoms with Crippen LogP contribution in [0, 0.1) is 6.92 Å². The summed E-state index contributed by atoms with van der Waals surface area (Å²) in [6, 6.07) is 7.78. The zero-order chi connectivity index (χ0) is 23.4. The quantitative estimate of drug-likeness (QED) is 0.497. The van der Waals surface area contributed by atoms with E-state index in [0.717, 1.165) is 24.3 Å². The molecule has 0 amide bonds. The summed E-state index contributed by atoms with van der Waals surface area (Å²) in [5.74, 6) is -1.01. The third-order valence-corrected chi connectivity index (χ3v) is 6.48. The second-order valence-electron chi connectivity index (χ2n) is 6.18. The minimum absolute atomic E-state index is 0.0290. The normalized spacial score (nSPS) is 12.4. The Hall–Kier alpha value is -2.84. The van der Waals surface area contributed by atoms with E-state index in [1.165, 1.54) is 29.8 Å². The molecule has 0 aliphatic rings. The highest BCUT2D eigenvalue weighted by molar-refractivity contribution is 7.92. The van der Waals surface area contributed by atoms with Crippen molar-refractivity contribution in [2.24, 2.45) is 0 Å². The second kappa shape index (κ2) is 9.11. The molecule has 0 spiro atoms. The first kappa shape index (κ1) is 24.4. The lowest BCUT2D eigenvalue weighted by Crippen LogP contribution is -2.33. The lowest BCUT2D eigenvalue weighted by molar-refractivity contribution is -0.139. The number of halogens is 3. The Balaban J connectivity index is 2.15. The Morgan fingerprint density at radius 3 is 2.10 bits per heavy atom. The Labute approximate surface area is 176 Å². The number of benzene rings is 2. The van der Waals surface area contributed by atoms with E-state index >= 15 is 0 Å². The van der Waals surface area contributed by atoms with Gasteiger partial charge in [-0.2, -0.15) is 13.2 Å². The van der Waals surface area contributed by atoms with Gasteiger partial charge in [0.2, 0.25) is 10.0 Å². The number of rotatable bonds is 9. The number of ether oxygens (including phenoxy) is 1. The first-order chi connectivity index (χ1) is 14.2. The maximum Gasteiger partial charge on any atom is 0.402 e. The topological polar surface area (TPSA) is 139 Å². The predicted octanol–water partition coefficient (Wildman–Crippen LogP) is 2.10. The van der Waals surface area contributed by atoms with Crippen LogP contribution in [0.2, 0.25) is 0 Å². The van der Waals surface area contributed by atoms with Crippen LogP contribution in [0.1, 0.15) is 5.56 Å². The monoisotopic (exact) mass is 482 g/mol. The number of aliphatic carboxylic acids is 1. The number of anilines is 1. The van der Waals surface area contributed by atoms with Gasteiger partial charge in [-0.05, 0) is 55.0 Å². The van der Waals surface area contributed by atoms with Gasteiger partial charge >= 0.3 is 12.1 Å². The zero-order valence-corrected chi connectivity index (χ0v) is 17.4. The third-order valence-electron chi connectivity index (χ3n) is 3.69. The van der Waals surface area contributed by atoms with E-state index in [2.05, 4.69) is 4.72 Å². The maximum absolute atomic E-state index is 12.5. The van der Waals surface area contributed by atoms with Gasteiger partial charge in [-0.15, -0.1) is 0 Å². The number of sulfonamides is 2. The highest BCUT2D eigenvalue weighted by Gasteiger charge is 2.30. The molecule has 3 N–H and O–H groups in total. The highest BCUT2D eigenvalue weighted by atomic mass is 32.2. The first-order valence-corrected chi connectivity index (χ1v) is 11.3. The number of carbonyl (C=O) groups is 1. The Morgan fingerprint density at radius 2 is 1.58 bits per heavy atom. The van der Waals surface area contributed by atoms with Gasteiger partial charge in [0.25, 0.3) is 10.0 Å². The standard InChI is InChI=1S/C17H17F3N2O7S2/c1-11-8-14(6-7-15(11)29-9-16(23)24)31(27,28)22-12-2-4-13(5-3-12)30(25,26)21-10-17(18,19)20/h2-8,21-22H,9-10H2,1H3,(H,23,24). The minimum atomic E-state index is -4.73. The molecule has 2 aromatic rings. The second-order valence-corrected chi connectivity index (χ2v) is 9.63. The number of nitrogens with one attached hydrogen (secondary N) is 2. The van der Waals surface area contributed by atoms with E-state index in [1.54, 1.807) is 0 Å². The average Bonchev–Trinajstić information content (AvgIpc) is 2.65. The smallest absolute Gasteiger partial charge is 0.402 e. The molecule has 0 unspecified atom stereocenters. The summed E-state index contributed by atoms with van der Waals surface area (Å²) in [6.45, 7) is -0.822. The van der Waals surface area contributed by atoms with E-state index in [-0.39, 0.29) is 16.3 Å². The van der Waals surface area contributed by atoms with Gasteiger partial charge in [0, 0.05) is 5.69 Å². The van der Waals surface area contributed by atoms with Gasteiger partial charge < -0.3 is 9.84 Å². The lowest BCUT2D eigenvalue weighted by atomic mass is 10.2. The maximum atomic E-state index is 12.5. The Morgan fingerprint density at radius 1 is 1.00 bits per heavy atom. The van der Waals surface area contributed by atoms with Crippen LogP contribution in [0.3, 0.4) is 0 Å². The van der Waals surface area contributed by atoms with Gasteiger partial charge in [0.15, 0.2) is 6.61 Å². The largest absolute Gasteiger partial charge is 0.482 e. The summed E-state index contributed by atoms with van der Waals surface area (Å²) in [5, 5.41) is 8.63. The Bertz CT molecular complexity index is 1160. The molecule has 0 aliphatic carbocycles. The van der Waals surface area contributed by atoms with Crippen LogP contribution in [-0.4, -0.2) is 47.2 Å². The number of hydrogen-bond donors (Lipinski definition) is 3. The molecule has 170 valence electrons. The Kier molecular flexibility index (Phi) is 7.18. The molecule has 0 saturated carbocycles. The van der Waals surface area contributed by atoms with Crippen LogP contribution >= 0.6 is 0 Å². The summed E-state index contributed by atoms with van der Waals surface area (Å²) in [6.07, 6.45) is -4.73. The molecule has 0 atom stereocenters. The molecule has 2 aromatic carbocycles. The van der Waals surface area contributed by atoms with Crippen molar-refractivity contribution < 1.29 is 44.6 Å². The molecule has 0 aromatic heterocycles.